The molecule has 2 amide bonds. The van der Waals surface area contributed by atoms with Crippen molar-refractivity contribution < 1.29 is 23.5 Å². The Morgan fingerprint density at radius 2 is 1.81 bits per heavy atom. The quantitative estimate of drug-likeness (QED) is 0.257. The number of hydrogen-bond donors (Lipinski definition) is 1. The van der Waals surface area contributed by atoms with E-state index in [-0.39, 0.29) is 46.2 Å². The van der Waals surface area contributed by atoms with Crippen molar-refractivity contribution in [3.05, 3.63) is 65.6 Å². The van der Waals surface area contributed by atoms with Crippen molar-refractivity contribution in [2.24, 2.45) is 5.41 Å². The Labute approximate surface area is 318 Å². The van der Waals surface area contributed by atoms with Gasteiger partial charge in [-0.15, -0.1) is 0 Å². The summed E-state index contributed by atoms with van der Waals surface area (Å²) >= 11 is 0. The van der Waals surface area contributed by atoms with Gasteiger partial charge < -0.3 is 24.6 Å². The fourth-order valence-electron chi connectivity index (χ4n) is 9.00. The molecular formula is C41H55FN8O4. The number of aromatic nitrogens is 3. The first kappa shape index (κ1) is 37.9. The second-order valence-electron chi connectivity index (χ2n) is 15.8. The largest absolute Gasteiger partial charge is 0.490 e. The Hall–Kier alpha value is -4.36. The molecule has 3 saturated heterocycles. The molecule has 13 heteroatoms. The van der Waals surface area contributed by atoms with E-state index in [1.807, 2.05) is 46.9 Å². The molecule has 2 spiro atoms. The number of nitrogens with zero attached hydrogens (tertiary/aromatic N) is 7. The highest BCUT2D eigenvalue weighted by molar-refractivity contribution is 5.97. The Morgan fingerprint density at radius 1 is 1.04 bits per heavy atom. The number of likely N-dealkylation sites (tertiary alicyclic amines) is 1. The van der Waals surface area contributed by atoms with Crippen LogP contribution in [0.25, 0.3) is 0 Å². The molecule has 8 rings (SSSR count). The number of amides is 2. The summed E-state index contributed by atoms with van der Waals surface area (Å²) in [4.78, 5) is 47.3. The number of nitrogens with one attached hydrogen (secondary N) is 1. The molecule has 2 aromatic heterocycles. The van der Waals surface area contributed by atoms with Gasteiger partial charge in [0, 0.05) is 87.6 Å². The Morgan fingerprint density at radius 3 is 2.54 bits per heavy atom. The van der Waals surface area contributed by atoms with Crippen LogP contribution < -0.4 is 19.7 Å². The third-order valence-corrected chi connectivity index (χ3v) is 11.6. The first-order valence-corrected chi connectivity index (χ1v) is 19.8. The van der Waals surface area contributed by atoms with Crippen molar-refractivity contribution in [2.45, 2.75) is 97.4 Å². The van der Waals surface area contributed by atoms with Crippen LogP contribution in [0, 0.1) is 11.2 Å². The second kappa shape index (κ2) is 15.8. The lowest BCUT2D eigenvalue weighted by atomic mass is 9.61. The van der Waals surface area contributed by atoms with E-state index in [9.17, 15) is 14.0 Å². The number of pyridine rings is 1. The smallest absolute Gasteiger partial charge is 0.257 e. The van der Waals surface area contributed by atoms with Crippen LogP contribution in [-0.4, -0.2) is 112 Å². The molecule has 1 aromatic carbocycles. The van der Waals surface area contributed by atoms with Crippen molar-refractivity contribution in [1.29, 1.82) is 0 Å². The summed E-state index contributed by atoms with van der Waals surface area (Å²) in [7, 11) is 0. The topological polar surface area (TPSA) is 116 Å². The third kappa shape index (κ3) is 7.75. The maximum Gasteiger partial charge on any atom is 0.257 e. The summed E-state index contributed by atoms with van der Waals surface area (Å²) in [6, 6.07) is 6.01. The molecule has 5 aliphatic rings. The molecule has 1 aliphatic carbocycles. The van der Waals surface area contributed by atoms with E-state index >= 15 is 0 Å². The van der Waals surface area contributed by atoms with Gasteiger partial charge >= 0.3 is 0 Å². The molecule has 1 saturated carbocycles. The van der Waals surface area contributed by atoms with Gasteiger partial charge in [0.2, 0.25) is 5.91 Å². The molecule has 12 nitrogen and oxygen atoms in total. The summed E-state index contributed by atoms with van der Waals surface area (Å²) < 4.78 is 27.2. The molecule has 4 aliphatic heterocycles. The van der Waals surface area contributed by atoms with Gasteiger partial charge in [-0.05, 0) is 83.8 Å². The Balaban J connectivity index is 0.00000221. The van der Waals surface area contributed by atoms with Crippen molar-refractivity contribution >= 4 is 17.6 Å². The molecule has 4 fully saturated rings. The van der Waals surface area contributed by atoms with E-state index in [0.717, 1.165) is 95.9 Å². The second-order valence-corrected chi connectivity index (χ2v) is 15.8. The number of rotatable bonds is 12. The van der Waals surface area contributed by atoms with Crippen molar-refractivity contribution in [3.63, 3.8) is 0 Å². The molecule has 0 atom stereocenters. The van der Waals surface area contributed by atoms with Gasteiger partial charge in [0.15, 0.2) is 11.6 Å². The number of carbonyl (C=O) groups is 2. The average molecular weight is 743 g/mol. The summed E-state index contributed by atoms with van der Waals surface area (Å²) in [5.74, 6) is 1.75. The van der Waals surface area contributed by atoms with Gasteiger partial charge in [0.05, 0.1) is 17.3 Å². The molecule has 3 aromatic rings. The fraction of sp³-hybridized carbons (Fsp3) is 0.585. The van der Waals surface area contributed by atoms with Crippen LogP contribution >= 0.6 is 0 Å². The lowest BCUT2D eigenvalue weighted by Crippen LogP contribution is -2.67. The summed E-state index contributed by atoms with van der Waals surface area (Å²) in [6.45, 7) is 17.8. The van der Waals surface area contributed by atoms with Gasteiger partial charge in [-0.2, -0.15) is 0 Å². The standard InChI is InChI=1S/C39H49FN8O4.C2H6/c1-4-48(26(2)3)37(50)29-16-27(40)6-7-32(29)52-34-19-41-25-43-36(34)47-21-38(22-47)17-28(18-38)51-33-9-12-42-31-10-15-45(20-30(31)33)13-5-14-46-23-39(24-46)11-8-35(49)44-39;1-2/h6-7,9,12,16,19,25-26,28H,4-5,8,10-11,13-15,17-18,20-24H2,1-3H3,(H,44,49);1-2H3. The number of halogens is 1. The molecule has 290 valence electrons. The highest BCUT2D eigenvalue weighted by Crippen LogP contribution is 2.52. The van der Waals surface area contributed by atoms with Crippen molar-refractivity contribution in [2.75, 3.05) is 57.3 Å². The first-order chi connectivity index (χ1) is 26.1. The molecule has 54 heavy (non-hydrogen) atoms. The zero-order chi connectivity index (χ0) is 38.0. The SMILES string of the molecule is CC.CCN(C(=O)c1cc(F)ccc1Oc1cncnc1N1CC2(CC(Oc3ccnc4c3CN(CCCN3CC5(CCC(=O)N5)C3)CC4)C2)C1)C(C)C. The van der Waals surface area contributed by atoms with Gasteiger partial charge in [-0.25, -0.2) is 14.4 Å². The predicted octanol–water partition coefficient (Wildman–Crippen LogP) is 5.46. The number of anilines is 1. The lowest BCUT2D eigenvalue weighted by Gasteiger charge is -2.59. The van der Waals surface area contributed by atoms with E-state index in [0.29, 0.717) is 24.5 Å². The van der Waals surface area contributed by atoms with E-state index in [1.54, 1.807) is 11.1 Å². The Kier molecular flexibility index (Phi) is 11.1. The van der Waals surface area contributed by atoms with Crippen LogP contribution in [0.4, 0.5) is 10.2 Å². The monoisotopic (exact) mass is 742 g/mol. The van der Waals surface area contributed by atoms with Crippen LogP contribution in [0.5, 0.6) is 17.2 Å². The zero-order valence-electron chi connectivity index (χ0n) is 32.4. The number of ether oxygens (including phenoxy) is 2. The van der Waals surface area contributed by atoms with E-state index in [1.165, 1.54) is 30.1 Å². The van der Waals surface area contributed by atoms with Gasteiger partial charge in [0.25, 0.3) is 5.91 Å². The molecule has 0 bridgehead atoms. The van der Waals surface area contributed by atoms with Crippen LogP contribution in [0.1, 0.15) is 88.3 Å². The number of hydrogen-bond acceptors (Lipinski definition) is 10. The minimum Gasteiger partial charge on any atom is -0.490 e. The van der Waals surface area contributed by atoms with E-state index < -0.39 is 5.82 Å². The van der Waals surface area contributed by atoms with Crippen LogP contribution in [0.2, 0.25) is 0 Å². The van der Waals surface area contributed by atoms with E-state index in [2.05, 4.69) is 30.0 Å². The molecule has 1 N–H and O–H groups in total. The summed E-state index contributed by atoms with van der Waals surface area (Å²) in [5.41, 5.74) is 2.74. The number of fused-ring (bicyclic) bond motifs is 1. The fourth-order valence-corrected chi connectivity index (χ4v) is 9.00. The van der Waals surface area contributed by atoms with Crippen LogP contribution in [-0.2, 0) is 17.8 Å². The van der Waals surface area contributed by atoms with Gasteiger partial charge in [-0.1, -0.05) is 13.8 Å². The maximum atomic E-state index is 14.3. The molecule has 0 unspecified atom stereocenters. The average Bonchev–Trinajstić information content (AvgIpc) is 3.52. The maximum absolute atomic E-state index is 14.3. The normalized spacial score (nSPS) is 20.0. The summed E-state index contributed by atoms with van der Waals surface area (Å²) in [6.07, 6.45) is 10.7. The van der Waals surface area contributed by atoms with Crippen molar-refractivity contribution in [1.82, 2.24) is 35.0 Å². The molecule has 6 heterocycles. The minimum absolute atomic E-state index is 0.0424. The predicted molar refractivity (Wildman–Crippen MR) is 204 cm³/mol. The van der Waals surface area contributed by atoms with Crippen molar-refractivity contribution in [3.8, 4) is 17.2 Å². The molecular weight excluding hydrogens is 688 g/mol. The first-order valence-electron chi connectivity index (χ1n) is 19.8. The van der Waals surface area contributed by atoms with Gasteiger partial charge in [-0.3, -0.25) is 24.4 Å². The molecule has 0 radical (unpaired) electrons. The third-order valence-electron chi connectivity index (χ3n) is 11.6. The van der Waals surface area contributed by atoms with Crippen LogP contribution in [0.15, 0.2) is 43.0 Å². The van der Waals surface area contributed by atoms with Crippen LogP contribution in [0.3, 0.4) is 0 Å². The lowest BCUT2D eigenvalue weighted by molar-refractivity contribution is -0.120. The highest BCUT2D eigenvalue weighted by atomic mass is 19.1. The van der Waals surface area contributed by atoms with Gasteiger partial charge in [0.1, 0.15) is 29.7 Å². The Bertz CT molecular complexity index is 1820. The number of benzene rings is 1. The number of carbonyl (C=O) groups excluding carboxylic acids is 2. The summed E-state index contributed by atoms with van der Waals surface area (Å²) in [5, 5.41) is 3.18. The minimum atomic E-state index is -0.496. The highest BCUT2D eigenvalue weighted by Gasteiger charge is 2.54. The zero-order valence-corrected chi connectivity index (χ0v) is 32.4. The van der Waals surface area contributed by atoms with E-state index in [4.69, 9.17) is 14.5 Å².